The first-order chi connectivity index (χ1) is 11.0. The van der Waals surface area contributed by atoms with E-state index in [1.807, 2.05) is 0 Å². The van der Waals surface area contributed by atoms with Crippen molar-refractivity contribution in [1.29, 1.82) is 0 Å². The van der Waals surface area contributed by atoms with Gasteiger partial charge in [-0.3, -0.25) is 9.59 Å². The average Bonchev–Trinajstić information content (AvgIpc) is 2.59. The molecular formula is C13H16N4O4S2. The molecule has 3 atom stereocenters. The van der Waals surface area contributed by atoms with Crippen molar-refractivity contribution in [3.05, 3.63) is 12.1 Å². The summed E-state index contributed by atoms with van der Waals surface area (Å²) in [5.41, 5.74) is 4.73. The van der Waals surface area contributed by atoms with Gasteiger partial charge in [0.1, 0.15) is 21.9 Å². The Morgan fingerprint density at radius 2 is 2.39 bits per heavy atom. The molecule has 0 aromatic carbocycles. The molecule has 2 fully saturated rings. The monoisotopic (exact) mass is 356 g/mol. The molecular weight excluding hydrogens is 340 g/mol. The van der Waals surface area contributed by atoms with Gasteiger partial charge in [0.2, 0.25) is 11.8 Å². The van der Waals surface area contributed by atoms with Crippen LogP contribution in [0.1, 0.15) is 0 Å². The molecule has 0 spiro atoms. The van der Waals surface area contributed by atoms with E-state index >= 15 is 0 Å². The molecule has 0 aliphatic carbocycles. The predicted molar refractivity (Wildman–Crippen MR) is 85.3 cm³/mol. The van der Waals surface area contributed by atoms with Crippen molar-refractivity contribution in [2.24, 2.45) is 11.1 Å². The number of amides is 1. The number of fused-ring (bicyclic) bond motifs is 1. The summed E-state index contributed by atoms with van der Waals surface area (Å²) in [6.07, 6.45) is 0. The van der Waals surface area contributed by atoms with Gasteiger partial charge < -0.3 is 20.5 Å². The third-order valence-electron chi connectivity index (χ3n) is 3.96. The predicted octanol–water partition coefficient (Wildman–Crippen LogP) is -0.109. The number of hydrogen-bond acceptors (Lipinski definition) is 8. The summed E-state index contributed by atoms with van der Waals surface area (Å²) in [5.74, 6) is 0.0367. The number of carboxylic acid groups (broad SMARTS) is 1. The van der Waals surface area contributed by atoms with E-state index in [0.29, 0.717) is 22.4 Å². The molecule has 2 unspecified atom stereocenters. The van der Waals surface area contributed by atoms with Crippen molar-refractivity contribution in [3.63, 3.8) is 0 Å². The number of thioether (sulfide) groups is 2. The zero-order valence-corrected chi connectivity index (χ0v) is 14.0. The van der Waals surface area contributed by atoms with E-state index in [0.717, 1.165) is 0 Å². The smallest absolute Gasteiger partial charge is 0.313 e. The van der Waals surface area contributed by atoms with E-state index in [-0.39, 0.29) is 17.8 Å². The second-order valence-corrected chi connectivity index (χ2v) is 7.58. The van der Waals surface area contributed by atoms with Gasteiger partial charge in [-0.2, -0.15) is 0 Å². The highest BCUT2D eigenvalue weighted by Crippen LogP contribution is 2.43. The molecule has 3 rings (SSSR count). The Balaban J connectivity index is 1.69. The third-order valence-corrected chi connectivity index (χ3v) is 6.78. The maximum absolute atomic E-state index is 11.8. The van der Waals surface area contributed by atoms with Crippen molar-refractivity contribution in [1.82, 2.24) is 15.1 Å². The summed E-state index contributed by atoms with van der Waals surface area (Å²) in [6.45, 7) is 0.184. The fourth-order valence-corrected chi connectivity index (χ4v) is 5.13. The molecule has 1 aromatic rings. The van der Waals surface area contributed by atoms with E-state index in [9.17, 15) is 14.7 Å². The van der Waals surface area contributed by atoms with Crippen LogP contribution in [0.2, 0.25) is 0 Å². The molecule has 124 valence electrons. The Morgan fingerprint density at radius 3 is 3.00 bits per heavy atom. The normalized spacial score (nSPS) is 29.7. The number of β-lactam (4-membered cyclic amide) rings is 1. The largest absolute Gasteiger partial charge is 0.481 e. The van der Waals surface area contributed by atoms with Crippen LogP contribution in [0, 0.1) is 5.41 Å². The van der Waals surface area contributed by atoms with Gasteiger partial charge in [0.05, 0.1) is 7.11 Å². The minimum atomic E-state index is -1.01. The molecule has 0 saturated carbocycles. The second-order valence-electron chi connectivity index (χ2n) is 5.48. The van der Waals surface area contributed by atoms with Crippen molar-refractivity contribution >= 4 is 35.4 Å². The van der Waals surface area contributed by atoms with E-state index in [2.05, 4.69) is 10.2 Å². The lowest BCUT2D eigenvalue weighted by Gasteiger charge is -2.52. The average molecular weight is 356 g/mol. The van der Waals surface area contributed by atoms with Crippen LogP contribution in [0.5, 0.6) is 5.88 Å². The lowest BCUT2D eigenvalue weighted by molar-refractivity contribution is -0.155. The zero-order valence-electron chi connectivity index (χ0n) is 12.3. The SMILES string of the molecule is COc1ccc(SCC2(C(=O)O)CS[C@@H]3C(N)C(=O)N3C2)nn1. The van der Waals surface area contributed by atoms with Gasteiger partial charge in [-0.15, -0.1) is 33.7 Å². The molecule has 2 aliphatic heterocycles. The Kier molecular flexibility index (Phi) is 4.39. The Bertz CT molecular complexity index is 629. The van der Waals surface area contributed by atoms with Crippen molar-refractivity contribution in [2.45, 2.75) is 16.4 Å². The van der Waals surface area contributed by atoms with E-state index in [1.165, 1.54) is 30.6 Å². The fourth-order valence-electron chi connectivity index (χ4n) is 2.51. The Labute approximate surface area is 141 Å². The minimum Gasteiger partial charge on any atom is -0.481 e. The van der Waals surface area contributed by atoms with Gasteiger partial charge in [-0.05, 0) is 6.07 Å². The highest BCUT2D eigenvalue weighted by molar-refractivity contribution is 8.00. The lowest BCUT2D eigenvalue weighted by atomic mass is 9.89. The number of carboxylic acids is 1. The molecule has 2 aliphatic rings. The molecule has 1 aromatic heterocycles. The Hall–Kier alpha value is -1.52. The summed E-state index contributed by atoms with van der Waals surface area (Å²) >= 11 is 2.74. The fraction of sp³-hybridized carbons (Fsp3) is 0.538. The molecule has 23 heavy (non-hydrogen) atoms. The molecule has 2 saturated heterocycles. The molecule has 3 heterocycles. The highest BCUT2D eigenvalue weighted by atomic mass is 32.2. The summed E-state index contributed by atoms with van der Waals surface area (Å²) in [4.78, 5) is 25.2. The zero-order chi connectivity index (χ0) is 16.6. The minimum absolute atomic E-state index is 0.0965. The number of rotatable bonds is 5. The number of methoxy groups -OCH3 is 1. The van der Waals surface area contributed by atoms with Crippen molar-refractivity contribution in [2.75, 3.05) is 25.2 Å². The molecule has 0 bridgehead atoms. The number of aliphatic carboxylic acids is 1. The molecule has 0 radical (unpaired) electrons. The number of aromatic nitrogens is 2. The molecule has 3 N–H and O–H groups in total. The highest BCUT2D eigenvalue weighted by Gasteiger charge is 2.55. The van der Waals surface area contributed by atoms with Gasteiger partial charge in [0.15, 0.2) is 0 Å². The van der Waals surface area contributed by atoms with Gasteiger partial charge in [0, 0.05) is 24.1 Å². The second kappa shape index (κ2) is 6.17. The van der Waals surface area contributed by atoms with Crippen LogP contribution < -0.4 is 10.5 Å². The standard InChI is InChI=1S/C13H16N4O4S2/c1-21-7-2-3-8(16-15-7)22-5-13(12(19)20)4-17-10(18)9(14)11(17)23-6-13/h2-3,9,11H,4-6,14H2,1H3,(H,19,20)/t9?,11-,13?/m1/s1. The summed E-state index contributed by atoms with van der Waals surface area (Å²) in [5, 5.41) is 18.0. The van der Waals surface area contributed by atoms with Crippen LogP contribution in [0.15, 0.2) is 17.2 Å². The maximum Gasteiger partial charge on any atom is 0.313 e. The van der Waals surface area contributed by atoms with E-state index in [1.54, 1.807) is 17.0 Å². The van der Waals surface area contributed by atoms with E-state index in [4.69, 9.17) is 10.5 Å². The first-order valence-corrected chi connectivity index (χ1v) is 8.92. The van der Waals surface area contributed by atoms with Crippen molar-refractivity contribution < 1.29 is 19.4 Å². The van der Waals surface area contributed by atoms with Crippen LogP contribution in [0.3, 0.4) is 0 Å². The number of hydrogen-bond donors (Lipinski definition) is 2. The van der Waals surface area contributed by atoms with Crippen LogP contribution >= 0.6 is 23.5 Å². The first kappa shape index (κ1) is 16.3. The van der Waals surface area contributed by atoms with Crippen LogP contribution in [0.25, 0.3) is 0 Å². The van der Waals surface area contributed by atoms with Crippen LogP contribution in [-0.2, 0) is 9.59 Å². The Morgan fingerprint density at radius 1 is 1.61 bits per heavy atom. The first-order valence-electron chi connectivity index (χ1n) is 6.88. The van der Waals surface area contributed by atoms with E-state index < -0.39 is 17.4 Å². The number of nitrogens with zero attached hydrogens (tertiary/aromatic N) is 3. The van der Waals surface area contributed by atoms with Crippen molar-refractivity contribution in [3.8, 4) is 5.88 Å². The molecule has 1 amide bonds. The number of carbonyl (C=O) groups excluding carboxylic acids is 1. The topological polar surface area (TPSA) is 119 Å². The van der Waals surface area contributed by atoms with Gasteiger partial charge in [0.25, 0.3) is 0 Å². The third kappa shape index (κ3) is 2.86. The van der Waals surface area contributed by atoms with Gasteiger partial charge >= 0.3 is 5.97 Å². The van der Waals surface area contributed by atoms with Gasteiger partial charge in [-0.1, -0.05) is 0 Å². The van der Waals surface area contributed by atoms with Gasteiger partial charge in [-0.25, -0.2) is 0 Å². The summed E-state index contributed by atoms with van der Waals surface area (Å²) in [6, 6.07) is 2.90. The summed E-state index contributed by atoms with van der Waals surface area (Å²) in [7, 11) is 1.50. The summed E-state index contributed by atoms with van der Waals surface area (Å²) < 4.78 is 4.94. The molecule has 8 nitrogen and oxygen atoms in total. The van der Waals surface area contributed by atoms with Crippen LogP contribution in [-0.4, -0.2) is 68.7 Å². The number of ether oxygens (including phenoxy) is 1. The quantitative estimate of drug-likeness (QED) is 0.550. The number of nitrogens with two attached hydrogens (primary N) is 1. The lowest BCUT2D eigenvalue weighted by Crippen LogP contribution is -2.72. The van der Waals surface area contributed by atoms with Crippen LogP contribution in [0.4, 0.5) is 0 Å². The molecule has 10 heteroatoms. The maximum atomic E-state index is 11.8. The number of carbonyl (C=O) groups is 2.